The van der Waals surface area contributed by atoms with E-state index >= 15 is 0 Å². The minimum atomic E-state index is 0.217. The zero-order valence-corrected chi connectivity index (χ0v) is 18.4. The van der Waals surface area contributed by atoms with E-state index in [1.807, 2.05) is 12.1 Å². The molecule has 0 aliphatic carbocycles. The molecule has 0 spiro atoms. The Morgan fingerprint density at radius 2 is 1.70 bits per heavy atom. The molecular weight excluding hydrogens is 382 g/mol. The van der Waals surface area contributed by atoms with E-state index in [1.165, 1.54) is 5.56 Å². The van der Waals surface area contributed by atoms with Gasteiger partial charge in [0.15, 0.2) is 5.96 Å². The second-order valence-electron chi connectivity index (χ2n) is 7.54. The highest BCUT2D eigenvalue weighted by Gasteiger charge is 2.22. The summed E-state index contributed by atoms with van der Waals surface area (Å²) in [5.41, 5.74) is 1.26. The average Bonchev–Trinajstić information content (AvgIpc) is 2.81. The molecule has 8 nitrogen and oxygen atoms in total. The van der Waals surface area contributed by atoms with Gasteiger partial charge in [-0.1, -0.05) is 12.1 Å². The van der Waals surface area contributed by atoms with Crippen LogP contribution in [0.4, 0.5) is 0 Å². The van der Waals surface area contributed by atoms with E-state index in [0.29, 0.717) is 6.54 Å². The molecule has 0 amide bonds. The first-order valence-electron chi connectivity index (χ1n) is 11.1. The molecule has 3 rings (SSSR count). The Bertz CT molecular complexity index is 628. The lowest BCUT2D eigenvalue weighted by Gasteiger charge is -2.34. The van der Waals surface area contributed by atoms with Crippen molar-refractivity contribution >= 4 is 5.96 Å². The Kier molecular flexibility index (Phi) is 9.69. The van der Waals surface area contributed by atoms with Gasteiger partial charge in [0.2, 0.25) is 0 Å². The van der Waals surface area contributed by atoms with Gasteiger partial charge in [-0.3, -0.25) is 14.8 Å². The van der Waals surface area contributed by atoms with Crippen LogP contribution in [0.2, 0.25) is 0 Å². The Hall–Kier alpha value is -1.87. The van der Waals surface area contributed by atoms with Gasteiger partial charge in [0.05, 0.1) is 46.1 Å². The molecule has 2 heterocycles. The van der Waals surface area contributed by atoms with E-state index in [2.05, 4.69) is 39.5 Å². The third kappa shape index (κ3) is 7.12. The topological polar surface area (TPSA) is 70.6 Å². The highest BCUT2D eigenvalue weighted by Crippen LogP contribution is 2.24. The van der Waals surface area contributed by atoms with Gasteiger partial charge >= 0.3 is 0 Å². The number of hydrogen-bond donors (Lipinski definition) is 2. The van der Waals surface area contributed by atoms with Crippen LogP contribution in [0.25, 0.3) is 0 Å². The summed E-state index contributed by atoms with van der Waals surface area (Å²) in [6.07, 6.45) is 0. The number of hydrogen-bond acceptors (Lipinski definition) is 6. The van der Waals surface area contributed by atoms with Crippen LogP contribution in [-0.4, -0.2) is 102 Å². The van der Waals surface area contributed by atoms with Crippen molar-refractivity contribution in [3.63, 3.8) is 0 Å². The number of benzene rings is 1. The number of rotatable bonds is 9. The summed E-state index contributed by atoms with van der Waals surface area (Å²) in [7, 11) is 1.70. The molecule has 0 saturated carbocycles. The maximum atomic E-state index is 5.56. The number of guanidine groups is 1. The molecule has 0 bridgehead atoms. The minimum Gasteiger partial charge on any atom is -0.497 e. The highest BCUT2D eigenvalue weighted by molar-refractivity contribution is 5.79. The molecule has 2 aliphatic rings. The Morgan fingerprint density at radius 1 is 1.03 bits per heavy atom. The predicted octanol–water partition coefficient (Wildman–Crippen LogP) is 0.956. The molecule has 2 N–H and O–H groups in total. The molecule has 1 unspecified atom stereocenters. The van der Waals surface area contributed by atoms with Crippen molar-refractivity contribution in [1.29, 1.82) is 0 Å². The minimum absolute atomic E-state index is 0.217. The standard InChI is InChI=1S/C22H37N5O3/c1-3-23-22(24-8-9-26-10-14-29-15-11-26)25-18-21(27-12-16-30-17-13-27)19-4-6-20(28-2)7-5-19/h4-7,21H,3,8-18H2,1-2H3,(H2,23,24,25). The number of nitrogens with zero attached hydrogens (tertiary/aromatic N) is 3. The van der Waals surface area contributed by atoms with Crippen molar-refractivity contribution in [1.82, 2.24) is 20.4 Å². The summed E-state index contributed by atoms with van der Waals surface area (Å²) in [4.78, 5) is 9.82. The SMILES string of the molecule is CCNC(=NCC(c1ccc(OC)cc1)N1CCOCC1)NCCN1CCOCC1. The van der Waals surface area contributed by atoms with Crippen molar-refractivity contribution in [2.45, 2.75) is 13.0 Å². The zero-order valence-electron chi connectivity index (χ0n) is 18.4. The fraction of sp³-hybridized carbons (Fsp3) is 0.682. The third-order valence-corrected chi connectivity index (χ3v) is 5.58. The molecule has 0 aromatic heterocycles. The molecule has 1 aromatic carbocycles. The van der Waals surface area contributed by atoms with E-state index in [0.717, 1.165) is 83.9 Å². The molecule has 0 radical (unpaired) electrons. The molecule has 8 heteroatoms. The van der Waals surface area contributed by atoms with Crippen LogP contribution in [0.5, 0.6) is 5.75 Å². The van der Waals surface area contributed by atoms with E-state index in [4.69, 9.17) is 19.2 Å². The quantitative estimate of drug-likeness (QED) is 0.456. The highest BCUT2D eigenvalue weighted by atomic mass is 16.5. The third-order valence-electron chi connectivity index (χ3n) is 5.58. The first-order valence-corrected chi connectivity index (χ1v) is 11.1. The second-order valence-corrected chi connectivity index (χ2v) is 7.54. The Morgan fingerprint density at radius 3 is 2.33 bits per heavy atom. The van der Waals surface area contributed by atoms with Crippen LogP contribution in [0.3, 0.4) is 0 Å². The normalized spacial score (nSPS) is 20.0. The van der Waals surface area contributed by atoms with E-state index < -0.39 is 0 Å². The van der Waals surface area contributed by atoms with Crippen molar-refractivity contribution < 1.29 is 14.2 Å². The first kappa shape index (κ1) is 22.8. The number of ether oxygens (including phenoxy) is 3. The van der Waals surface area contributed by atoms with Gasteiger partial charge < -0.3 is 24.8 Å². The van der Waals surface area contributed by atoms with Gasteiger partial charge in [-0.2, -0.15) is 0 Å². The number of methoxy groups -OCH3 is 1. The molecule has 2 saturated heterocycles. The van der Waals surface area contributed by atoms with Crippen molar-refractivity contribution in [3.05, 3.63) is 29.8 Å². The second kappa shape index (κ2) is 12.7. The summed E-state index contributed by atoms with van der Waals surface area (Å²) >= 11 is 0. The van der Waals surface area contributed by atoms with Crippen LogP contribution in [0, 0.1) is 0 Å². The molecule has 30 heavy (non-hydrogen) atoms. The fourth-order valence-electron chi connectivity index (χ4n) is 3.82. The van der Waals surface area contributed by atoms with Crippen molar-refractivity contribution in [2.75, 3.05) is 85.9 Å². The van der Waals surface area contributed by atoms with Gasteiger partial charge in [0, 0.05) is 45.8 Å². The van der Waals surface area contributed by atoms with Crippen molar-refractivity contribution in [3.8, 4) is 5.75 Å². The molecular formula is C22H37N5O3. The first-order chi connectivity index (χ1) is 14.8. The molecule has 2 fully saturated rings. The lowest BCUT2D eigenvalue weighted by molar-refractivity contribution is 0.0179. The molecule has 168 valence electrons. The summed E-state index contributed by atoms with van der Waals surface area (Å²) in [5, 5.41) is 6.87. The lowest BCUT2D eigenvalue weighted by Crippen LogP contribution is -2.45. The predicted molar refractivity (Wildman–Crippen MR) is 119 cm³/mol. The molecule has 2 aliphatic heterocycles. The zero-order chi connectivity index (χ0) is 21.0. The summed E-state index contributed by atoms with van der Waals surface area (Å²) in [5.74, 6) is 1.75. The lowest BCUT2D eigenvalue weighted by atomic mass is 10.0. The van der Waals surface area contributed by atoms with Gasteiger partial charge in [0.1, 0.15) is 5.75 Å². The smallest absolute Gasteiger partial charge is 0.191 e. The maximum absolute atomic E-state index is 5.56. The fourth-order valence-corrected chi connectivity index (χ4v) is 3.82. The van der Waals surface area contributed by atoms with E-state index in [9.17, 15) is 0 Å². The van der Waals surface area contributed by atoms with Crippen molar-refractivity contribution in [2.24, 2.45) is 4.99 Å². The Labute approximate surface area is 180 Å². The Balaban J connectivity index is 1.62. The number of morpholine rings is 2. The van der Waals surface area contributed by atoms with E-state index in [-0.39, 0.29) is 6.04 Å². The van der Waals surface area contributed by atoms with Crippen LogP contribution >= 0.6 is 0 Å². The molecule has 1 atom stereocenters. The number of nitrogens with one attached hydrogen (secondary N) is 2. The largest absolute Gasteiger partial charge is 0.497 e. The average molecular weight is 420 g/mol. The summed E-state index contributed by atoms with van der Waals surface area (Å²) < 4.78 is 16.3. The van der Waals surface area contributed by atoms with Crippen LogP contribution in [0.15, 0.2) is 29.3 Å². The summed E-state index contributed by atoms with van der Waals surface area (Å²) in [6.45, 7) is 12.6. The van der Waals surface area contributed by atoms with E-state index in [1.54, 1.807) is 7.11 Å². The van der Waals surface area contributed by atoms with Crippen LogP contribution in [0.1, 0.15) is 18.5 Å². The van der Waals surface area contributed by atoms with Crippen LogP contribution in [-0.2, 0) is 9.47 Å². The van der Waals surface area contributed by atoms with Gasteiger partial charge in [-0.15, -0.1) is 0 Å². The van der Waals surface area contributed by atoms with Gasteiger partial charge in [0.25, 0.3) is 0 Å². The van der Waals surface area contributed by atoms with Gasteiger partial charge in [-0.25, -0.2) is 0 Å². The molecule has 1 aromatic rings. The van der Waals surface area contributed by atoms with Gasteiger partial charge in [-0.05, 0) is 24.6 Å². The maximum Gasteiger partial charge on any atom is 0.191 e. The monoisotopic (exact) mass is 419 g/mol. The number of aliphatic imine (C=N–C) groups is 1. The van der Waals surface area contributed by atoms with Crippen LogP contribution < -0.4 is 15.4 Å². The summed E-state index contributed by atoms with van der Waals surface area (Å²) in [6, 6.07) is 8.56.